The molecule has 1 unspecified atom stereocenters. The van der Waals surface area contributed by atoms with Gasteiger partial charge in [0, 0.05) is 23.0 Å². The molecule has 1 fully saturated rings. The Morgan fingerprint density at radius 3 is 2.45 bits per heavy atom. The van der Waals surface area contributed by atoms with E-state index in [0.717, 1.165) is 11.3 Å². The fourth-order valence-corrected chi connectivity index (χ4v) is 3.88. The van der Waals surface area contributed by atoms with Gasteiger partial charge >= 0.3 is 0 Å². The molecular formula is C25H21ClN2O5. The van der Waals surface area contributed by atoms with Gasteiger partial charge in [0.15, 0.2) is 0 Å². The van der Waals surface area contributed by atoms with Crippen molar-refractivity contribution in [2.75, 3.05) is 11.5 Å². The van der Waals surface area contributed by atoms with E-state index in [1.807, 2.05) is 6.92 Å². The summed E-state index contributed by atoms with van der Waals surface area (Å²) in [4.78, 5) is 31.4. The third kappa shape index (κ3) is 4.27. The number of hydrogen-bond donors (Lipinski definition) is 2. The fourth-order valence-electron chi connectivity index (χ4n) is 3.72. The van der Waals surface area contributed by atoms with E-state index in [2.05, 4.69) is 4.98 Å². The van der Waals surface area contributed by atoms with Crippen molar-refractivity contribution in [2.45, 2.75) is 19.4 Å². The van der Waals surface area contributed by atoms with Gasteiger partial charge < -0.3 is 14.9 Å². The Balaban J connectivity index is 1.86. The van der Waals surface area contributed by atoms with Crippen molar-refractivity contribution in [3.05, 3.63) is 88.7 Å². The number of halogens is 1. The number of rotatable bonds is 6. The first kappa shape index (κ1) is 22.4. The van der Waals surface area contributed by atoms with Crippen molar-refractivity contribution >= 4 is 34.7 Å². The van der Waals surface area contributed by atoms with Crippen LogP contribution in [0, 0.1) is 0 Å². The molecule has 2 aromatic carbocycles. The lowest BCUT2D eigenvalue weighted by molar-refractivity contribution is -0.132. The van der Waals surface area contributed by atoms with Crippen LogP contribution in [-0.4, -0.2) is 33.5 Å². The number of aliphatic hydroxyl groups excluding tert-OH is 1. The Labute approximate surface area is 195 Å². The van der Waals surface area contributed by atoms with Gasteiger partial charge in [-0.15, -0.1) is 0 Å². The summed E-state index contributed by atoms with van der Waals surface area (Å²) in [6.07, 6.45) is 3.90. The molecule has 7 nitrogen and oxygen atoms in total. The number of carbonyl (C=O) groups is 2. The maximum Gasteiger partial charge on any atom is 0.300 e. The topological polar surface area (TPSA) is 100.0 Å². The van der Waals surface area contributed by atoms with Gasteiger partial charge in [-0.3, -0.25) is 19.5 Å². The Morgan fingerprint density at radius 2 is 1.79 bits per heavy atom. The van der Waals surface area contributed by atoms with Crippen molar-refractivity contribution in [2.24, 2.45) is 0 Å². The number of anilines is 1. The lowest BCUT2D eigenvalue weighted by atomic mass is 9.95. The van der Waals surface area contributed by atoms with Gasteiger partial charge in [0.1, 0.15) is 17.3 Å². The predicted octanol–water partition coefficient (Wildman–Crippen LogP) is 4.86. The number of phenols is 1. The van der Waals surface area contributed by atoms with Crippen LogP contribution in [0.2, 0.25) is 5.02 Å². The summed E-state index contributed by atoms with van der Waals surface area (Å²) in [7, 11) is 0. The van der Waals surface area contributed by atoms with Crippen molar-refractivity contribution in [3.63, 3.8) is 0 Å². The molecule has 0 radical (unpaired) electrons. The van der Waals surface area contributed by atoms with Gasteiger partial charge in [-0.1, -0.05) is 18.5 Å². The molecule has 4 rings (SSSR count). The molecule has 3 aromatic rings. The number of aromatic nitrogens is 1. The first-order valence-electron chi connectivity index (χ1n) is 10.3. The number of Topliss-reactive ketones (excluding diaryl/α,β-unsaturated/α-hetero) is 1. The van der Waals surface area contributed by atoms with Crippen molar-refractivity contribution in [3.8, 4) is 11.5 Å². The van der Waals surface area contributed by atoms with E-state index in [9.17, 15) is 19.8 Å². The number of ether oxygens (including phenoxy) is 1. The molecule has 8 heteroatoms. The summed E-state index contributed by atoms with van der Waals surface area (Å²) in [5.41, 5.74) is 0.848. The standard InChI is InChI=1S/C25H21ClN2O5/c1-2-13-33-18-6-3-16(4-7-18)23(30)21-22(15-9-11-27-12-10-15)28(25(32)24(21)31)19-14-17(26)5-8-20(19)29/h3-12,14,22,29-30H,2,13H2,1H3/b23-21+. The fraction of sp³-hybridized carbons (Fsp3) is 0.160. The Bertz CT molecular complexity index is 1230. The molecule has 1 amide bonds. The van der Waals surface area contributed by atoms with E-state index in [1.165, 1.54) is 30.6 Å². The maximum absolute atomic E-state index is 13.1. The molecule has 1 aromatic heterocycles. The van der Waals surface area contributed by atoms with Gasteiger partial charge in [0.25, 0.3) is 11.7 Å². The lowest BCUT2D eigenvalue weighted by Crippen LogP contribution is -2.29. The molecule has 1 atom stereocenters. The summed E-state index contributed by atoms with van der Waals surface area (Å²) >= 11 is 6.10. The molecule has 33 heavy (non-hydrogen) atoms. The molecule has 2 heterocycles. The van der Waals surface area contributed by atoms with Crippen molar-refractivity contribution in [1.82, 2.24) is 4.98 Å². The number of carbonyl (C=O) groups excluding carboxylic acids is 2. The number of phenolic OH excluding ortho intramolecular Hbond substituents is 1. The molecular weight excluding hydrogens is 444 g/mol. The molecule has 0 saturated carbocycles. The second-order valence-corrected chi connectivity index (χ2v) is 7.89. The molecule has 0 spiro atoms. The van der Waals surface area contributed by atoms with Crippen molar-refractivity contribution < 1.29 is 24.5 Å². The number of aromatic hydroxyl groups is 1. The normalized spacial score (nSPS) is 17.4. The largest absolute Gasteiger partial charge is 0.507 e. The highest BCUT2D eigenvalue weighted by atomic mass is 35.5. The molecule has 2 N–H and O–H groups in total. The van der Waals surface area contributed by atoms with Crippen molar-refractivity contribution in [1.29, 1.82) is 0 Å². The average molecular weight is 465 g/mol. The third-order valence-electron chi connectivity index (χ3n) is 5.26. The smallest absolute Gasteiger partial charge is 0.300 e. The van der Waals surface area contributed by atoms with Crippen LogP contribution in [0.4, 0.5) is 5.69 Å². The molecule has 1 saturated heterocycles. The second-order valence-electron chi connectivity index (χ2n) is 7.46. The lowest BCUT2D eigenvalue weighted by Gasteiger charge is -2.26. The number of benzene rings is 2. The van der Waals surface area contributed by atoms with Crippen LogP contribution >= 0.6 is 11.6 Å². The third-order valence-corrected chi connectivity index (χ3v) is 5.50. The molecule has 0 aliphatic carbocycles. The summed E-state index contributed by atoms with van der Waals surface area (Å²) in [5, 5.41) is 21.8. The van der Waals surface area contributed by atoms with Crippen LogP contribution in [0.3, 0.4) is 0 Å². The Morgan fingerprint density at radius 1 is 1.09 bits per heavy atom. The molecule has 1 aliphatic rings. The minimum Gasteiger partial charge on any atom is -0.507 e. The molecule has 0 bridgehead atoms. The monoisotopic (exact) mass is 464 g/mol. The van der Waals surface area contributed by atoms with Crippen LogP contribution in [0.15, 0.2) is 72.6 Å². The summed E-state index contributed by atoms with van der Waals surface area (Å²) in [5.74, 6) is -1.69. The minimum absolute atomic E-state index is 0.0637. The summed E-state index contributed by atoms with van der Waals surface area (Å²) in [6, 6.07) is 13.1. The Kier molecular flexibility index (Phi) is 6.33. The molecule has 168 valence electrons. The van der Waals surface area contributed by atoms with Crippen LogP contribution in [0.25, 0.3) is 5.76 Å². The molecule has 1 aliphatic heterocycles. The number of amides is 1. The summed E-state index contributed by atoms with van der Waals surface area (Å²) < 4.78 is 5.57. The SMILES string of the molecule is CCCOc1ccc(/C(O)=C2\C(=O)C(=O)N(c3cc(Cl)ccc3O)C2c2ccncc2)cc1. The number of aliphatic hydroxyl groups is 1. The maximum atomic E-state index is 13.1. The van der Waals surface area contributed by atoms with E-state index in [-0.39, 0.29) is 27.8 Å². The average Bonchev–Trinajstić information content (AvgIpc) is 3.10. The highest BCUT2D eigenvalue weighted by Crippen LogP contribution is 2.45. The predicted molar refractivity (Wildman–Crippen MR) is 124 cm³/mol. The number of ketones is 1. The highest BCUT2D eigenvalue weighted by Gasteiger charge is 2.47. The van der Waals surface area contributed by atoms with E-state index < -0.39 is 17.7 Å². The summed E-state index contributed by atoms with van der Waals surface area (Å²) in [6.45, 7) is 2.55. The minimum atomic E-state index is -0.992. The zero-order chi connectivity index (χ0) is 23.5. The zero-order valence-corrected chi connectivity index (χ0v) is 18.5. The van der Waals surface area contributed by atoms with Gasteiger partial charge in [-0.2, -0.15) is 0 Å². The van der Waals surface area contributed by atoms with Crippen LogP contribution in [0.1, 0.15) is 30.5 Å². The van der Waals surface area contributed by atoms with Gasteiger partial charge in [-0.25, -0.2) is 0 Å². The number of pyridine rings is 1. The van der Waals surface area contributed by atoms with Crippen LogP contribution in [-0.2, 0) is 9.59 Å². The first-order valence-corrected chi connectivity index (χ1v) is 10.7. The number of hydrogen-bond acceptors (Lipinski definition) is 6. The van der Waals surface area contributed by atoms with E-state index >= 15 is 0 Å². The van der Waals surface area contributed by atoms with E-state index in [0.29, 0.717) is 23.5 Å². The highest BCUT2D eigenvalue weighted by molar-refractivity contribution is 6.52. The van der Waals surface area contributed by atoms with Gasteiger partial charge in [-0.05, 0) is 66.6 Å². The number of nitrogens with zero attached hydrogens (tertiary/aromatic N) is 2. The zero-order valence-electron chi connectivity index (χ0n) is 17.7. The van der Waals surface area contributed by atoms with Crippen LogP contribution in [0.5, 0.6) is 11.5 Å². The van der Waals surface area contributed by atoms with E-state index in [4.69, 9.17) is 16.3 Å². The first-order chi connectivity index (χ1) is 15.9. The quantitative estimate of drug-likeness (QED) is 0.307. The second kappa shape index (κ2) is 9.34. The van der Waals surface area contributed by atoms with Gasteiger partial charge in [0.05, 0.1) is 23.9 Å². The van der Waals surface area contributed by atoms with E-state index in [1.54, 1.807) is 36.4 Å². The Hall–Kier alpha value is -3.84. The van der Waals surface area contributed by atoms with Gasteiger partial charge in [0.2, 0.25) is 0 Å². The van der Waals surface area contributed by atoms with Crippen LogP contribution < -0.4 is 9.64 Å².